The minimum atomic E-state index is -4.57. The van der Waals surface area contributed by atoms with E-state index < -0.39 is 42.5 Å². The van der Waals surface area contributed by atoms with E-state index in [9.17, 15) is 22.4 Å². The van der Waals surface area contributed by atoms with Crippen LogP contribution in [0, 0.1) is 5.82 Å². The zero-order chi connectivity index (χ0) is 25.6. The number of nitrogens with zero attached hydrogens (tertiary/aromatic N) is 1. The third-order valence-electron chi connectivity index (χ3n) is 5.85. The van der Waals surface area contributed by atoms with E-state index in [0.717, 1.165) is 6.92 Å². The van der Waals surface area contributed by atoms with Gasteiger partial charge in [-0.05, 0) is 42.8 Å². The van der Waals surface area contributed by atoms with Gasteiger partial charge in [0.15, 0.2) is 17.6 Å². The van der Waals surface area contributed by atoms with Crippen molar-refractivity contribution in [2.75, 3.05) is 26.9 Å². The molecule has 2 aliphatic heterocycles. The van der Waals surface area contributed by atoms with Gasteiger partial charge in [0, 0.05) is 18.5 Å². The average molecular weight is 471 g/mol. The normalized spacial score (nSPS) is 26.1. The number of rotatable bonds is 5. The Kier molecular flexibility index (Phi) is 5.55. The maximum atomic E-state index is 13.9. The molecule has 1 amide bonds. The Morgan fingerprint density at radius 3 is 2.76 bits per heavy atom. The van der Waals surface area contributed by atoms with Crippen molar-refractivity contribution in [3.8, 4) is 11.5 Å². The zero-order valence-corrected chi connectivity index (χ0v) is 17.8. The molecule has 2 fully saturated rings. The van der Waals surface area contributed by atoms with E-state index >= 15 is 0 Å². The average Bonchev–Trinajstić information content (AvgIpc) is 3.08. The molecule has 0 bridgehead atoms. The van der Waals surface area contributed by atoms with E-state index in [2.05, 4.69) is 0 Å². The lowest BCUT2D eigenvalue weighted by Gasteiger charge is -2.42. The number of piperidine rings is 1. The number of hydrogen-bond acceptors (Lipinski definition) is 5. The number of carbonyl (C=O) groups is 1. The Balaban J connectivity index is 1.56. The number of fused-ring (bicyclic) bond motifs is 1. The molecule has 2 heterocycles. The maximum absolute atomic E-state index is 13.9. The van der Waals surface area contributed by atoms with Gasteiger partial charge in [-0.15, -0.1) is 0 Å². The quantitative estimate of drug-likeness (QED) is 0.610. The molecule has 3 atom stereocenters. The number of likely N-dealkylation sites (tertiary alicyclic amines) is 1. The molecule has 0 aromatic heterocycles. The minimum Gasteiger partial charge on any atom is -0.493 e. The molecule has 33 heavy (non-hydrogen) atoms. The molecule has 0 saturated carbocycles. The van der Waals surface area contributed by atoms with Crippen LogP contribution in [-0.2, 0) is 15.1 Å². The molecule has 178 valence electrons. The fourth-order valence-electron chi connectivity index (χ4n) is 3.97. The summed E-state index contributed by atoms with van der Waals surface area (Å²) in [5.41, 5.74) is -0.752. The number of ether oxygens (including phenoxy) is 4. The second-order valence-corrected chi connectivity index (χ2v) is 7.86. The molecule has 0 N–H and O–H groups in total. The molecule has 0 spiro atoms. The van der Waals surface area contributed by atoms with Gasteiger partial charge in [-0.3, -0.25) is 4.79 Å². The maximum Gasteiger partial charge on any atom is 0.425 e. The number of amides is 1. The molecule has 1 unspecified atom stereocenters. The summed E-state index contributed by atoms with van der Waals surface area (Å²) in [5, 5.41) is 0. The molecule has 2 aromatic rings. The van der Waals surface area contributed by atoms with Gasteiger partial charge in [0.1, 0.15) is 24.3 Å². The molecule has 0 radical (unpaired) electrons. The molecule has 0 aliphatic carbocycles. The predicted octanol–water partition coefficient (Wildman–Crippen LogP) is 4.28. The molecule has 2 aliphatic rings. The third kappa shape index (κ3) is 4.49. The van der Waals surface area contributed by atoms with Gasteiger partial charge in [0.25, 0.3) is 5.91 Å². The summed E-state index contributed by atoms with van der Waals surface area (Å²) < 4.78 is 89.5. The van der Waals surface area contributed by atoms with Gasteiger partial charge in [-0.2, -0.15) is 13.2 Å². The van der Waals surface area contributed by atoms with Crippen molar-refractivity contribution in [2.45, 2.75) is 37.3 Å². The highest BCUT2D eigenvalue weighted by atomic mass is 19.4. The van der Waals surface area contributed by atoms with Crippen molar-refractivity contribution in [3.05, 3.63) is 59.4 Å². The van der Waals surface area contributed by atoms with Crippen LogP contribution in [0.1, 0.15) is 32.0 Å². The number of halogens is 4. The van der Waals surface area contributed by atoms with Crippen LogP contribution in [0.5, 0.6) is 11.5 Å². The van der Waals surface area contributed by atoms with E-state index in [4.69, 9.17) is 21.7 Å². The van der Waals surface area contributed by atoms with Gasteiger partial charge in [-0.25, -0.2) is 4.39 Å². The number of hydrogen-bond donors (Lipinski definition) is 0. The standard InChI is InChI=1S/C23H23F4NO5/c1-14(23(25,26)27)33-18-7-6-15(10-19(18)30-2)21(29)28-9-8-22(20(12-28)31-13-32-22)16-4-3-5-17(24)11-16/h3-7,10-11,14,20H,8-9,12-13H2,1-2H3/t14?,20-,22-/m1/s1/i13D2. The van der Waals surface area contributed by atoms with Crippen LogP contribution < -0.4 is 9.47 Å². The second-order valence-electron chi connectivity index (χ2n) is 7.86. The van der Waals surface area contributed by atoms with Crippen molar-refractivity contribution in [1.29, 1.82) is 0 Å². The number of carbonyl (C=O) groups excluding carboxylic acids is 1. The lowest BCUT2D eigenvalue weighted by molar-refractivity contribution is -0.189. The van der Waals surface area contributed by atoms with Crippen LogP contribution in [0.15, 0.2) is 42.5 Å². The summed E-state index contributed by atoms with van der Waals surface area (Å²) in [4.78, 5) is 14.6. The van der Waals surface area contributed by atoms with Crippen molar-refractivity contribution in [3.63, 3.8) is 0 Å². The van der Waals surface area contributed by atoms with E-state index in [1.165, 1.54) is 48.4 Å². The number of alkyl halides is 3. The van der Waals surface area contributed by atoms with E-state index in [0.29, 0.717) is 5.56 Å². The molecule has 2 saturated heterocycles. The molecule has 6 nitrogen and oxygen atoms in total. The van der Waals surface area contributed by atoms with Crippen LogP contribution in [0.2, 0.25) is 0 Å². The van der Waals surface area contributed by atoms with Crippen LogP contribution in [0.4, 0.5) is 17.6 Å². The zero-order valence-electron chi connectivity index (χ0n) is 19.8. The van der Waals surface area contributed by atoms with E-state index in [-0.39, 0.29) is 36.6 Å². The first-order valence-corrected chi connectivity index (χ1v) is 10.2. The highest BCUT2D eigenvalue weighted by Gasteiger charge is 2.51. The lowest BCUT2D eigenvalue weighted by Crippen LogP contribution is -2.53. The fraction of sp³-hybridized carbons (Fsp3) is 0.435. The Bertz CT molecular complexity index is 1120. The summed E-state index contributed by atoms with van der Waals surface area (Å²) in [5.74, 6) is -1.20. The van der Waals surface area contributed by atoms with Gasteiger partial charge >= 0.3 is 6.18 Å². The fourth-order valence-corrected chi connectivity index (χ4v) is 3.97. The van der Waals surface area contributed by atoms with Crippen molar-refractivity contribution >= 4 is 5.91 Å². The molecule has 2 aromatic carbocycles. The Morgan fingerprint density at radius 2 is 2.06 bits per heavy atom. The smallest absolute Gasteiger partial charge is 0.425 e. The van der Waals surface area contributed by atoms with Crippen LogP contribution >= 0.6 is 0 Å². The summed E-state index contributed by atoms with van der Waals surface area (Å²) in [6.45, 7) is -1.50. The van der Waals surface area contributed by atoms with E-state index in [1.807, 2.05) is 0 Å². The first-order valence-electron chi connectivity index (χ1n) is 11.2. The number of methoxy groups -OCH3 is 1. The number of benzene rings is 2. The van der Waals surface area contributed by atoms with E-state index in [1.54, 1.807) is 6.07 Å². The largest absolute Gasteiger partial charge is 0.493 e. The van der Waals surface area contributed by atoms with Crippen LogP contribution in [-0.4, -0.2) is 56.1 Å². The predicted molar refractivity (Wildman–Crippen MR) is 109 cm³/mol. The monoisotopic (exact) mass is 471 g/mol. The van der Waals surface area contributed by atoms with Crippen LogP contribution in [0.25, 0.3) is 0 Å². The molecule has 10 heteroatoms. The van der Waals surface area contributed by atoms with Gasteiger partial charge < -0.3 is 23.8 Å². The highest BCUT2D eigenvalue weighted by molar-refractivity contribution is 5.95. The first kappa shape index (κ1) is 20.7. The summed E-state index contributed by atoms with van der Waals surface area (Å²) in [6.07, 6.45) is -7.44. The summed E-state index contributed by atoms with van der Waals surface area (Å²) in [6, 6.07) is 9.44. The molecule has 4 rings (SSSR count). The third-order valence-corrected chi connectivity index (χ3v) is 5.85. The summed E-state index contributed by atoms with van der Waals surface area (Å²) >= 11 is 0. The Labute approximate surface area is 190 Å². The highest BCUT2D eigenvalue weighted by Crippen LogP contribution is 2.43. The Morgan fingerprint density at radius 1 is 1.27 bits per heavy atom. The second kappa shape index (κ2) is 8.83. The van der Waals surface area contributed by atoms with Crippen molar-refractivity contribution in [2.24, 2.45) is 0 Å². The topological polar surface area (TPSA) is 57.2 Å². The van der Waals surface area contributed by atoms with Crippen molar-refractivity contribution in [1.82, 2.24) is 4.90 Å². The van der Waals surface area contributed by atoms with Crippen molar-refractivity contribution < 1.29 is 44.0 Å². The first-order chi connectivity index (χ1) is 16.3. The van der Waals surface area contributed by atoms with Gasteiger partial charge in [0.05, 0.1) is 16.4 Å². The van der Waals surface area contributed by atoms with Gasteiger partial charge in [-0.1, -0.05) is 12.1 Å². The Hall–Kier alpha value is -2.85. The van der Waals surface area contributed by atoms with Crippen LogP contribution in [0.3, 0.4) is 0 Å². The lowest BCUT2D eigenvalue weighted by atomic mass is 9.82. The molecular formula is C23H23F4NO5. The minimum absolute atomic E-state index is 0.0464. The summed E-state index contributed by atoms with van der Waals surface area (Å²) in [7, 11) is 1.24. The molecular weight excluding hydrogens is 446 g/mol. The SMILES string of the molecule is [2H]C1([2H])O[C@@H]2CN(C(=O)c3ccc(OC(C)C(F)(F)F)c(OC)c3)CC[C@]2(c2cccc(F)c2)O1. The van der Waals surface area contributed by atoms with Gasteiger partial charge in [0.2, 0.25) is 0 Å².